The summed E-state index contributed by atoms with van der Waals surface area (Å²) in [6.07, 6.45) is -0.841. The van der Waals surface area contributed by atoms with E-state index in [1.54, 1.807) is 12.1 Å². The van der Waals surface area contributed by atoms with E-state index in [9.17, 15) is 19.1 Å². The third kappa shape index (κ3) is 4.26. The summed E-state index contributed by atoms with van der Waals surface area (Å²) in [5.74, 6) is -1.44. The Morgan fingerprint density at radius 1 is 1.12 bits per heavy atom. The molecule has 1 heterocycles. The molecule has 26 heavy (non-hydrogen) atoms. The Morgan fingerprint density at radius 3 is 2.54 bits per heavy atom. The number of hydrogen-bond acceptors (Lipinski definition) is 4. The number of carbonyl (C=O) groups excluding carboxylic acids is 2. The first-order chi connectivity index (χ1) is 12.5. The van der Waals surface area contributed by atoms with Gasteiger partial charge < -0.3 is 14.7 Å². The average Bonchev–Trinajstić information content (AvgIpc) is 3.04. The van der Waals surface area contributed by atoms with Crippen LogP contribution in [0.5, 0.6) is 0 Å². The molecule has 0 spiro atoms. The fraction of sp³-hybridized carbons (Fsp3) is 0.300. The summed E-state index contributed by atoms with van der Waals surface area (Å²) in [5, 5.41) is 9.90. The molecule has 2 atom stereocenters. The van der Waals surface area contributed by atoms with Crippen molar-refractivity contribution in [3.8, 4) is 0 Å². The summed E-state index contributed by atoms with van der Waals surface area (Å²) >= 11 is 0. The van der Waals surface area contributed by atoms with Gasteiger partial charge in [-0.25, -0.2) is 9.18 Å². The number of carbonyl (C=O) groups is 2. The van der Waals surface area contributed by atoms with Crippen LogP contribution in [0.3, 0.4) is 0 Å². The summed E-state index contributed by atoms with van der Waals surface area (Å²) < 4.78 is 19.1. The maximum Gasteiger partial charge on any atom is 0.329 e. The molecule has 1 aliphatic heterocycles. The van der Waals surface area contributed by atoms with E-state index in [-0.39, 0.29) is 31.6 Å². The number of aliphatic hydroxyl groups is 1. The Balaban J connectivity index is 1.65. The maximum atomic E-state index is 13.8. The molecule has 1 amide bonds. The van der Waals surface area contributed by atoms with Crippen molar-refractivity contribution in [2.24, 2.45) is 0 Å². The number of aliphatic hydroxyl groups excluding tert-OH is 1. The molecule has 0 aliphatic carbocycles. The van der Waals surface area contributed by atoms with E-state index in [1.807, 2.05) is 30.3 Å². The van der Waals surface area contributed by atoms with Gasteiger partial charge in [0, 0.05) is 13.0 Å². The zero-order valence-corrected chi connectivity index (χ0v) is 14.2. The Hall–Kier alpha value is -2.73. The molecular weight excluding hydrogens is 337 g/mol. The molecule has 0 bridgehead atoms. The van der Waals surface area contributed by atoms with Gasteiger partial charge >= 0.3 is 5.97 Å². The van der Waals surface area contributed by atoms with Crippen LogP contribution in [0.4, 0.5) is 4.39 Å². The predicted octanol–water partition coefficient (Wildman–Crippen LogP) is 2.07. The number of β-amino-alcohol motifs (C(OH)–C–C–N with tert-alkyl or cyclic N) is 1. The van der Waals surface area contributed by atoms with E-state index in [4.69, 9.17) is 4.74 Å². The van der Waals surface area contributed by atoms with Crippen LogP contribution in [0.1, 0.15) is 17.5 Å². The number of ether oxygens (including phenoxy) is 1. The minimum atomic E-state index is -0.854. The molecular formula is C20H20FNO4. The molecule has 1 N–H and O–H groups in total. The third-order valence-electron chi connectivity index (χ3n) is 4.39. The molecule has 1 aliphatic rings. The molecule has 2 aromatic carbocycles. The molecule has 3 rings (SSSR count). The van der Waals surface area contributed by atoms with Crippen LogP contribution in [-0.2, 0) is 27.4 Å². The van der Waals surface area contributed by atoms with Gasteiger partial charge in [-0.05, 0) is 17.2 Å². The molecule has 5 nitrogen and oxygen atoms in total. The lowest BCUT2D eigenvalue weighted by Crippen LogP contribution is -2.42. The summed E-state index contributed by atoms with van der Waals surface area (Å²) in [7, 11) is 0. The molecule has 0 radical (unpaired) electrons. The quantitative estimate of drug-likeness (QED) is 0.832. The number of hydrogen-bond donors (Lipinski definition) is 1. The smallest absolute Gasteiger partial charge is 0.329 e. The van der Waals surface area contributed by atoms with Crippen LogP contribution < -0.4 is 0 Å². The standard InChI is InChI=1S/C20H20FNO4/c21-17-9-5-4-8-15(17)10-19(24)22-12-16(23)11-18(22)20(25)26-13-14-6-2-1-3-7-14/h1-9,16,18,23H,10-13H2. The van der Waals surface area contributed by atoms with Crippen molar-refractivity contribution in [2.45, 2.75) is 31.6 Å². The van der Waals surface area contributed by atoms with Gasteiger partial charge in [-0.1, -0.05) is 48.5 Å². The first-order valence-corrected chi connectivity index (χ1v) is 8.46. The third-order valence-corrected chi connectivity index (χ3v) is 4.39. The molecule has 0 aromatic heterocycles. The van der Waals surface area contributed by atoms with Gasteiger partial charge in [0.05, 0.1) is 12.5 Å². The summed E-state index contributed by atoms with van der Waals surface area (Å²) in [4.78, 5) is 26.2. The number of amides is 1. The zero-order valence-electron chi connectivity index (χ0n) is 14.2. The highest BCUT2D eigenvalue weighted by Gasteiger charge is 2.39. The van der Waals surface area contributed by atoms with Gasteiger partial charge in [0.25, 0.3) is 0 Å². The first-order valence-electron chi connectivity index (χ1n) is 8.46. The van der Waals surface area contributed by atoms with Crippen molar-refractivity contribution in [2.75, 3.05) is 6.54 Å². The van der Waals surface area contributed by atoms with E-state index in [2.05, 4.69) is 0 Å². The van der Waals surface area contributed by atoms with Crippen molar-refractivity contribution in [1.82, 2.24) is 4.90 Å². The van der Waals surface area contributed by atoms with Crippen LogP contribution >= 0.6 is 0 Å². The van der Waals surface area contributed by atoms with Crippen LogP contribution in [0.15, 0.2) is 54.6 Å². The van der Waals surface area contributed by atoms with E-state index in [0.29, 0.717) is 0 Å². The second-order valence-electron chi connectivity index (χ2n) is 6.31. The predicted molar refractivity (Wildman–Crippen MR) is 92.5 cm³/mol. The van der Waals surface area contributed by atoms with Gasteiger partial charge in [-0.15, -0.1) is 0 Å². The molecule has 1 saturated heterocycles. The highest BCUT2D eigenvalue weighted by molar-refractivity contribution is 5.86. The first kappa shape index (κ1) is 18.1. The normalized spacial score (nSPS) is 19.4. The number of likely N-dealkylation sites (tertiary alicyclic amines) is 1. The minimum absolute atomic E-state index is 0.0401. The summed E-state index contributed by atoms with van der Waals surface area (Å²) in [5.41, 5.74) is 1.10. The number of esters is 1. The minimum Gasteiger partial charge on any atom is -0.459 e. The van der Waals surface area contributed by atoms with E-state index in [1.165, 1.54) is 17.0 Å². The fourth-order valence-corrected chi connectivity index (χ4v) is 3.04. The van der Waals surface area contributed by atoms with Gasteiger partial charge in [0.1, 0.15) is 18.5 Å². The molecule has 1 fully saturated rings. The molecule has 2 unspecified atom stereocenters. The molecule has 136 valence electrons. The maximum absolute atomic E-state index is 13.8. The van der Waals surface area contributed by atoms with Crippen molar-refractivity contribution < 1.29 is 23.8 Å². The van der Waals surface area contributed by atoms with Crippen molar-refractivity contribution in [3.63, 3.8) is 0 Å². The zero-order chi connectivity index (χ0) is 18.5. The molecule has 0 saturated carbocycles. The van der Waals surface area contributed by atoms with Crippen LogP contribution in [0.25, 0.3) is 0 Å². The highest BCUT2D eigenvalue weighted by Crippen LogP contribution is 2.21. The fourth-order valence-electron chi connectivity index (χ4n) is 3.04. The lowest BCUT2D eigenvalue weighted by molar-refractivity contribution is -0.154. The number of halogens is 1. The van der Waals surface area contributed by atoms with E-state index >= 15 is 0 Å². The second-order valence-corrected chi connectivity index (χ2v) is 6.31. The van der Waals surface area contributed by atoms with Crippen LogP contribution in [0, 0.1) is 5.82 Å². The number of nitrogens with zero attached hydrogens (tertiary/aromatic N) is 1. The lowest BCUT2D eigenvalue weighted by atomic mass is 10.1. The van der Waals surface area contributed by atoms with Crippen molar-refractivity contribution in [1.29, 1.82) is 0 Å². The van der Waals surface area contributed by atoms with E-state index in [0.717, 1.165) is 5.56 Å². The number of benzene rings is 2. The average molecular weight is 357 g/mol. The Labute approximate surface area is 151 Å². The lowest BCUT2D eigenvalue weighted by Gasteiger charge is -2.23. The summed E-state index contributed by atoms with van der Waals surface area (Å²) in [6, 6.07) is 14.4. The Bertz CT molecular complexity index is 780. The van der Waals surface area contributed by atoms with Gasteiger partial charge in [-0.3, -0.25) is 4.79 Å². The monoisotopic (exact) mass is 357 g/mol. The van der Waals surface area contributed by atoms with Crippen molar-refractivity contribution in [3.05, 3.63) is 71.5 Å². The summed E-state index contributed by atoms with van der Waals surface area (Å²) in [6.45, 7) is 0.139. The Kier molecular flexibility index (Phi) is 5.63. The Morgan fingerprint density at radius 2 is 1.81 bits per heavy atom. The van der Waals surface area contributed by atoms with Crippen LogP contribution in [-0.4, -0.2) is 40.6 Å². The van der Waals surface area contributed by atoms with Crippen molar-refractivity contribution >= 4 is 11.9 Å². The van der Waals surface area contributed by atoms with Gasteiger partial charge in [0.15, 0.2) is 0 Å². The second kappa shape index (κ2) is 8.10. The van der Waals surface area contributed by atoms with Gasteiger partial charge in [0.2, 0.25) is 5.91 Å². The van der Waals surface area contributed by atoms with E-state index < -0.39 is 29.8 Å². The number of rotatable bonds is 5. The van der Waals surface area contributed by atoms with Crippen LogP contribution in [0.2, 0.25) is 0 Å². The highest BCUT2D eigenvalue weighted by atomic mass is 19.1. The largest absolute Gasteiger partial charge is 0.459 e. The SMILES string of the molecule is O=C(OCc1ccccc1)C1CC(O)CN1C(=O)Cc1ccccc1F. The molecule has 6 heteroatoms. The molecule has 2 aromatic rings. The topological polar surface area (TPSA) is 66.8 Å². The van der Waals surface area contributed by atoms with Gasteiger partial charge in [-0.2, -0.15) is 0 Å².